The summed E-state index contributed by atoms with van der Waals surface area (Å²) in [5, 5.41) is 13.8. The van der Waals surface area contributed by atoms with Crippen LogP contribution in [-0.4, -0.2) is 42.9 Å². The number of hydrogen-bond donors (Lipinski definition) is 2. The molecule has 1 atom stereocenters. The average molecular weight is 465 g/mol. The summed E-state index contributed by atoms with van der Waals surface area (Å²) >= 11 is 1.16. The predicted octanol–water partition coefficient (Wildman–Crippen LogP) is 2.98. The third kappa shape index (κ3) is 4.09. The van der Waals surface area contributed by atoms with Crippen molar-refractivity contribution in [2.75, 3.05) is 6.54 Å². The number of imide groups is 1. The molecule has 0 saturated carbocycles. The summed E-state index contributed by atoms with van der Waals surface area (Å²) in [6.07, 6.45) is 0. The van der Waals surface area contributed by atoms with Crippen LogP contribution >= 0.6 is 11.8 Å². The molecule has 3 amide bonds. The molecule has 0 aliphatic rings. The molecule has 2 aromatic carbocycles. The SMILES string of the molecule is CCNC(=O)NC(=O)C(C)Sc1nnc2n(-c3cccc(C)c3C)c(=O)c3ccccc3n12. The number of para-hydroxylation sites is 1. The number of benzene rings is 2. The number of fused-ring (bicyclic) bond motifs is 3. The predicted molar refractivity (Wildman–Crippen MR) is 128 cm³/mol. The largest absolute Gasteiger partial charge is 0.338 e. The molecule has 0 fully saturated rings. The highest BCUT2D eigenvalue weighted by atomic mass is 32.2. The quantitative estimate of drug-likeness (QED) is 0.440. The summed E-state index contributed by atoms with van der Waals surface area (Å²) in [7, 11) is 0. The smallest absolute Gasteiger partial charge is 0.321 e. The first-order valence-corrected chi connectivity index (χ1v) is 11.4. The van der Waals surface area contributed by atoms with Crippen molar-refractivity contribution < 1.29 is 9.59 Å². The Morgan fingerprint density at radius 2 is 1.85 bits per heavy atom. The molecular formula is C23H24N6O3S. The maximum Gasteiger partial charge on any atom is 0.321 e. The number of carbonyl (C=O) groups is 2. The number of nitrogens with one attached hydrogen (secondary N) is 2. The van der Waals surface area contributed by atoms with Gasteiger partial charge in [-0.3, -0.25) is 19.3 Å². The fraction of sp³-hybridized carbons (Fsp3) is 0.261. The summed E-state index contributed by atoms with van der Waals surface area (Å²) < 4.78 is 3.33. The van der Waals surface area contributed by atoms with Crippen molar-refractivity contribution in [1.29, 1.82) is 0 Å². The molecule has 0 radical (unpaired) electrons. The van der Waals surface area contributed by atoms with E-state index in [1.165, 1.54) is 0 Å². The van der Waals surface area contributed by atoms with Gasteiger partial charge in [0, 0.05) is 6.54 Å². The van der Waals surface area contributed by atoms with Crippen LogP contribution in [0.2, 0.25) is 0 Å². The zero-order chi connectivity index (χ0) is 23.7. The Bertz CT molecular complexity index is 1440. The number of urea groups is 1. The molecule has 4 aromatic rings. The Kier molecular flexibility index (Phi) is 6.19. The lowest BCUT2D eigenvalue weighted by molar-refractivity contribution is -0.119. The van der Waals surface area contributed by atoms with Gasteiger partial charge in [-0.05, 0) is 57.0 Å². The van der Waals surface area contributed by atoms with E-state index < -0.39 is 17.2 Å². The summed E-state index contributed by atoms with van der Waals surface area (Å²) in [6, 6.07) is 12.4. The molecule has 9 nitrogen and oxygen atoms in total. The number of rotatable bonds is 5. The molecule has 33 heavy (non-hydrogen) atoms. The highest BCUT2D eigenvalue weighted by Gasteiger charge is 2.23. The molecule has 4 rings (SSSR count). The Morgan fingerprint density at radius 1 is 1.09 bits per heavy atom. The van der Waals surface area contributed by atoms with Crippen molar-refractivity contribution in [3.63, 3.8) is 0 Å². The normalized spacial score (nSPS) is 12.1. The lowest BCUT2D eigenvalue weighted by Gasteiger charge is -2.15. The van der Waals surface area contributed by atoms with E-state index in [4.69, 9.17) is 0 Å². The standard InChI is InChI=1S/C23H24N6O3S/c1-5-24-21(32)25-19(30)15(4)33-23-27-26-22-28(17-12-8-9-13(2)14(17)3)20(31)16-10-6-7-11-18(16)29(22)23/h6-12,15H,5H2,1-4H3,(H2,24,25,30,32). The Labute approximate surface area is 194 Å². The molecule has 2 N–H and O–H groups in total. The molecule has 0 aliphatic heterocycles. The minimum absolute atomic E-state index is 0.197. The molecule has 0 saturated heterocycles. The average Bonchev–Trinajstić information content (AvgIpc) is 3.20. The Hall–Kier alpha value is -3.66. The summed E-state index contributed by atoms with van der Waals surface area (Å²) in [5.41, 5.74) is 3.18. The van der Waals surface area contributed by atoms with Crippen LogP contribution in [-0.2, 0) is 4.79 Å². The second kappa shape index (κ2) is 9.07. The van der Waals surface area contributed by atoms with E-state index in [2.05, 4.69) is 20.8 Å². The van der Waals surface area contributed by atoms with Crippen molar-refractivity contribution in [3.8, 4) is 5.69 Å². The first-order valence-electron chi connectivity index (χ1n) is 10.5. The van der Waals surface area contributed by atoms with Crippen LogP contribution in [0, 0.1) is 13.8 Å². The first kappa shape index (κ1) is 22.5. The van der Waals surface area contributed by atoms with Crippen LogP contribution in [0.1, 0.15) is 25.0 Å². The van der Waals surface area contributed by atoms with E-state index in [9.17, 15) is 14.4 Å². The minimum Gasteiger partial charge on any atom is -0.338 e. The third-order valence-electron chi connectivity index (χ3n) is 5.44. The van der Waals surface area contributed by atoms with Gasteiger partial charge in [-0.15, -0.1) is 10.2 Å². The van der Waals surface area contributed by atoms with Gasteiger partial charge < -0.3 is 5.32 Å². The molecule has 0 bridgehead atoms. The van der Waals surface area contributed by atoms with Crippen molar-refractivity contribution in [3.05, 3.63) is 63.9 Å². The fourth-order valence-electron chi connectivity index (χ4n) is 3.58. The van der Waals surface area contributed by atoms with Crippen LogP contribution in [0.5, 0.6) is 0 Å². The van der Waals surface area contributed by atoms with Crippen molar-refractivity contribution >= 4 is 40.4 Å². The van der Waals surface area contributed by atoms with Crippen LogP contribution in [0.3, 0.4) is 0 Å². The van der Waals surface area contributed by atoms with Gasteiger partial charge in [-0.25, -0.2) is 9.36 Å². The first-order chi connectivity index (χ1) is 15.8. The lowest BCUT2D eigenvalue weighted by atomic mass is 10.1. The second-order valence-electron chi connectivity index (χ2n) is 7.60. The number of hydrogen-bond acceptors (Lipinski definition) is 6. The Morgan fingerprint density at radius 3 is 2.61 bits per heavy atom. The number of amides is 3. The zero-order valence-electron chi connectivity index (χ0n) is 18.7. The maximum absolute atomic E-state index is 13.5. The van der Waals surface area contributed by atoms with E-state index in [1.807, 2.05) is 50.2 Å². The van der Waals surface area contributed by atoms with Crippen LogP contribution < -0.4 is 16.2 Å². The maximum atomic E-state index is 13.5. The molecule has 170 valence electrons. The zero-order valence-corrected chi connectivity index (χ0v) is 19.6. The second-order valence-corrected chi connectivity index (χ2v) is 8.91. The van der Waals surface area contributed by atoms with Crippen molar-refractivity contribution in [2.24, 2.45) is 0 Å². The van der Waals surface area contributed by atoms with Gasteiger partial charge in [0.25, 0.3) is 5.56 Å². The van der Waals surface area contributed by atoms with Gasteiger partial charge >= 0.3 is 6.03 Å². The van der Waals surface area contributed by atoms with Gasteiger partial charge in [0.2, 0.25) is 11.7 Å². The van der Waals surface area contributed by atoms with E-state index in [0.29, 0.717) is 28.4 Å². The van der Waals surface area contributed by atoms with Gasteiger partial charge in [-0.1, -0.05) is 36.0 Å². The van der Waals surface area contributed by atoms with Gasteiger partial charge in [0.1, 0.15) is 0 Å². The van der Waals surface area contributed by atoms with Crippen molar-refractivity contribution in [2.45, 2.75) is 38.1 Å². The Balaban J connectivity index is 1.87. The molecule has 2 heterocycles. The molecule has 1 unspecified atom stereocenters. The number of aryl methyl sites for hydroxylation is 1. The molecular weight excluding hydrogens is 440 g/mol. The van der Waals surface area contributed by atoms with Gasteiger partial charge in [0.15, 0.2) is 5.16 Å². The number of thioether (sulfide) groups is 1. The van der Waals surface area contributed by atoms with Crippen LogP contribution in [0.15, 0.2) is 52.4 Å². The summed E-state index contributed by atoms with van der Waals surface area (Å²) in [6.45, 7) is 7.82. The summed E-state index contributed by atoms with van der Waals surface area (Å²) in [5.74, 6) is -0.0962. The monoisotopic (exact) mass is 464 g/mol. The fourth-order valence-corrected chi connectivity index (χ4v) is 4.44. The lowest BCUT2D eigenvalue weighted by Crippen LogP contribution is -2.42. The summed E-state index contributed by atoms with van der Waals surface area (Å²) in [4.78, 5) is 37.7. The van der Waals surface area contributed by atoms with Crippen LogP contribution in [0.4, 0.5) is 4.79 Å². The molecule has 2 aromatic heterocycles. The van der Waals surface area contributed by atoms with E-state index in [0.717, 1.165) is 28.6 Å². The molecule has 0 spiro atoms. The highest BCUT2D eigenvalue weighted by molar-refractivity contribution is 8.00. The number of nitrogens with zero attached hydrogens (tertiary/aromatic N) is 4. The van der Waals surface area contributed by atoms with Gasteiger partial charge in [-0.2, -0.15) is 0 Å². The number of carbonyl (C=O) groups excluding carboxylic acids is 2. The van der Waals surface area contributed by atoms with Gasteiger partial charge in [0.05, 0.1) is 21.8 Å². The van der Waals surface area contributed by atoms with Crippen LogP contribution in [0.25, 0.3) is 22.4 Å². The number of aromatic nitrogens is 4. The molecule has 10 heteroatoms. The third-order valence-corrected chi connectivity index (χ3v) is 6.48. The van der Waals surface area contributed by atoms with E-state index >= 15 is 0 Å². The molecule has 0 aliphatic carbocycles. The van der Waals surface area contributed by atoms with Crippen molar-refractivity contribution in [1.82, 2.24) is 29.8 Å². The highest BCUT2D eigenvalue weighted by Crippen LogP contribution is 2.27. The van der Waals surface area contributed by atoms with E-state index in [1.54, 1.807) is 28.9 Å². The topological polar surface area (TPSA) is 110 Å². The van der Waals surface area contributed by atoms with E-state index in [-0.39, 0.29) is 5.56 Å². The minimum atomic E-state index is -0.625.